The molecular weight excluding hydrogens is 468 g/mol. The third-order valence-corrected chi connectivity index (χ3v) is 6.20. The van der Waals surface area contributed by atoms with E-state index in [0.717, 1.165) is 24.3 Å². The van der Waals surface area contributed by atoms with Crippen LogP contribution in [0.2, 0.25) is 5.02 Å². The zero-order valence-corrected chi connectivity index (χ0v) is 19.2. The van der Waals surface area contributed by atoms with E-state index in [1.54, 1.807) is 36.7 Å². The Balaban J connectivity index is 1.41. The van der Waals surface area contributed by atoms with E-state index < -0.39 is 0 Å². The summed E-state index contributed by atoms with van der Waals surface area (Å²) in [5.41, 5.74) is 4.97. The van der Waals surface area contributed by atoms with Crippen molar-refractivity contribution in [1.82, 2.24) is 20.3 Å². The number of benzene rings is 2. The highest BCUT2D eigenvalue weighted by Crippen LogP contribution is 2.32. The van der Waals surface area contributed by atoms with Gasteiger partial charge in [-0.15, -0.1) is 0 Å². The number of carbonyl (C=O) groups excluding carboxylic acids is 1. The molecule has 10 heteroatoms. The van der Waals surface area contributed by atoms with Crippen molar-refractivity contribution in [1.29, 1.82) is 0 Å². The summed E-state index contributed by atoms with van der Waals surface area (Å²) in [6.07, 6.45) is 3.40. The summed E-state index contributed by atoms with van der Waals surface area (Å²) >= 11 is 6.25. The number of morpholine rings is 1. The first-order chi connectivity index (χ1) is 17.2. The van der Waals surface area contributed by atoms with Crippen molar-refractivity contribution in [3.8, 4) is 11.3 Å². The highest BCUT2D eigenvalue weighted by molar-refractivity contribution is 6.31. The third-order valence-electron chi connectivity index (χ3n) is 5.97. The van der Waals surface area contributed by atoms with Crippen molar-refractivity contribution in [2.45, 2.75) is 0 Å². The van der Waals surface area contributed by atoms with Crippen molar-refractivity contribution in [3.63, 3.8) is 0 Å². The lowest BCUT2D eigenvalue weighted by Crippen LogP contribution is -2.36. The molecule has 0 bridgehead atoms. The normalized spacial score (nSPS) is 13.9. The van der Waals surface area contributed by atoms with E-state index in [0.29, 0.717) is 57.1 Å². The minimum atomic E-state index is -0.326. The number of nitrogens with one attached hydrogen (secondary N) is 1. The van der Waals surface area contributed by atoms with E-state index in [9.17, 15) is 4.79 Å². The summed E-state index contributed by atoms with van der Waals surface area (Å²) in [4.78, 5) is 24.6. The van der Waals surface area contributed by atoms with Crippen LogP contribution >= 0.6 is 11.6 Å². The lowest BCUT2D eigenvalue weighted by molar-refractivity contribution is 0.102. The number of anilines is 2. The number of hydrogen-bond donors (Lipinski definition) is 1. The molecular formula is C25H19ClN6O3. The molecule has 6 rings (SSSR count). The standard InChI is InChI=1S/C25H19ClN6O3/c26-16-3-4-19-17(12-16)18(13-21(28-19)15-2-1-7-27-14-15)25(33)29-20-5-6-22(24-23(20)30-35-31-24)32-8-10-34-11-9-32/h1-7,12-14H,8-11H2,(H,29,33). The van der Waals surface area contributed by atoms with E-state index in [2.05, 4.69) is 25.5 Å². The predicted molar refractivity (Wildman–Crippen MR) is 133 cm³/mol. The van der Waals surface area contributed by atoms with Crippen LogP contribution in [0, 0.1) is 0 Å². The lowest BCUT2D eigenvalue weighted by atomic mass is 10.0. The van der Waals surface area contributed by atoms with Gasteiger partial charge in [-0.05, 0) is 58.8 Å². The fourth-order valence-corrected chi connectivity index (χ4v) is 4.42. The SMILES string of the molecule is O=C(Nc1ccc(N2CCOCC2)c2nonc12)c1cc(-c2cccnc2)nc2ccc(Cl)cc12. The van der Waals surface area contributed by atoms with E-state index >= 15 is 0 Å². The van der Waals surface area contributed by atoms with Crippen LogP contribution in [-0.4, -0.2) is 52.5 Å². The van der Waals surface area contributed by atoms with Gasteiger partial charge in [0.1, 0.15) is 0 Å². The van der Waals surface area contributed by atoms with Crippen LogP contribution in [-0.2, 0) is 4.74 Å². The summed E-state index contributed by atoms with van der Waals surface area (Å²) in [7, 11) is 0. The van der Waals surface area contributed by atoms with Gasteiger partial charge < -0.3 is 15.0 Å². The van der Waals surface area contributed by atoms with E-state index in [-0.39, 0.29) is 5.91 Å². The molecule has 3 aromatic heterocycles. The number of ether oxygens (including phenoxy) is 1. The molecule has 9 nitrogen and oxygen atoms in total. The highest BCUT2D eigenvalue weighted by atomic mass is 35.5. The van der Waals surface area contributed by atoms with Crippen LogP contribution < -0.4 is 10.2 Å². The smallest absolute Gasteiger partial charge is 0.256 e. The van der Waals surface area contributed by atoms with Gasteiger partial charge in [0.2, 0.25) is 0 Å². The Kier molecular flexibility index (Phi) is 5.48. The van der Waals surface area contributed by atoms with Crippen LogP contribution in [0.5, 0.6) is 0 Å². The average molecular weight is 487 g/mol. The number of carbonyl (C=O) groups is 1. The van der Waals surface area contributed by atoms with Crippen molar-refractivity contribution < 1.29 is 14.2 Å². The topological polar surface area (TPSA) is 106 Å². The first kappa shape index (κ1) is 21.5. The Morgan fingerprint density at radius 3 is 2.71 bits per heavy atom. The number of aromatic nitrogens is 4. The van der Waals surface area contributed by atoms with Gasteiger partial charge in [-0.3, -0.25) is 9.78 Å². The molecule has 1 amide bonds. The maximum atomic E-state index is 13.6. The minimum Gasteiger partial charge on any atom is -0.378 e. The molecule has 0 aliphatic carbocycles. The lowest BCUT2D eigenvalue weighted by Gasteiger charge is -2.28. The molecule has 0 radical (unpaired) electrons. The first-order valence-corrected chi connectivity index (χ1v) is 11.5. The second kappa shape index (κ2) is 8.94. The quantitative estimate of drug-likeness (QED) is 0.393. The van der Waals surface area contributed by atoms with Gasteiger partial charge in [-0.25, -0.2) is 9.61 Å². The number of rotatable bonds is 4. The Morgan fingerprint density at radius 1 is 1.03 bits per heavy atom. The number of fused-ring (bicyclic) bond motifs is 2. The van der Waals surface area contributed by atoms with E-state index in [1.807, 2.05) is 24.3 Å². The molecule has 1 aliphatic rings. The predicted octanol–water partition coefficient (Wildman–Crippen LogP) is 4.58. The number of nitrogens with zero attached hydrogens (tertiary/aromatic N) is 5. The fraction of sp³-hybridized carbons (Fsp3) is 0.160. The summed E-state index contributed by atoms with van der Waals surface area (Å²) < 4.78 is 10.5. The molecule has 0 atom stereocenters. The molecule has 0 saturated carbocycles. The minimum absolute atomic E-state index is 0.326. The van der Waals surface area contributed by atoms with Gasteiger partial charge in [0.05, 0.1) is 41.4 Å². The van der Waals surface area contributed by atoms with Gasteiger partial charge in [0.25, 0.3) is 5.91 Å². The molecule has 4 heterocycles. The number of pyridine rings is 2. The number of halogens is 1. The Bertz CT molecular complexity index is 1550. The van der Waals surface area contributed by atoms with Crippen molar-refractivity contribution >= 4 is 50.8 Å². The Labute approximate surface area is 204 Å². The van der Waals surface area contributed by atoms with Gasteiger partial charge in [0, 0.05) is 41.5 Å². The maximum Gasteiger partial charge on any atom is 0.256 e. The Morgan fingerprint density at radius 2 is 1.89 bits per heavy atom. The van der Waals surface area contributed by atoms with Crippen LogP contribution in [0.3, 0.4) is 0 Å². The monoisotopic (exact) mass is 486 g/mol. The second-order valence-corrected chi connectivity index (χ2v) is 8.54. The zero-order chi connectivity index (χ0) is 23.8. The second-order valence-electron chi connectivity index (χ2n) is 8.11. The van der Waals surface area contributed by atoms with Gasteiger partial charge in [0.15, 0.2) is 11.0 Å². The summed E-state index contributed by atoms with van der Waals surface area (Å²) in [5.74, 6) is -0.326. The molecule has 1 fully saturated rings. The third kappa shape index (κ3) is 4.05. The summed E-state index contributed by atoms with van der Waals surface area (Å²) in [6.45, 7) is 2.77. The summed E-state index contributed by atoms with van der Waals surface area (Å²) in [6, 6.07) is 14.5. The van der Waals surface area contributed by atoms with Crippen molar-refractivity contribution in [2.75, 3.05) is 36.5 Å². The van der Waals surface area contributed by atoms with Gasteiger partial charge >= 0.3 is 0 Å². The molecule has 1 aliphatic heterocycles. The number of hydrogen-bond acceptors (Lipinski definition) is 8. The molecule has 1 saturated heterocycles. The van der Waals surface area contributed by atoms with Crippen LogP contribution in [0.15, 0.2) is 65.6 Å². The summed E-state index contributed by atoms with van der Waals surface area (Å²) in [5, 5.41) is 12.3. The van der Waals surface area contributed by atoms with Crippen molar-refractivity contribution in [2.24, 2.45) is 0 Å². The highest BCUT2D eigenvalue weighted by Gasteiger charge is 2.21. The van der Waals surface area contributed by atoms with Crippen LogP contribution in [0.4, 0.5) is 11.4 Å². The first-order valence-electron chi connectivity index (χ1n) is 11.1. The van der Waals surface area contributed by atoms with Crippen LogP contribution in [0.25, 0.3) is 33.2 Å². The Hall–Kier alpha value is -4.08. The molecule has 2 aromatic carbocycles. The molecule has 0 spiro atoms. The molecule has 35 heavy (non-hydrogen) atoms. The largest absolute Gasteiger partial charge is 0.378 e. The molecule has 0 unspecified atom stereocenters. The number of amides is 1. The average Bonchev–Trinajstić information content (AvgIpc) is 3.40. The van der Waals surface area contributed by atoms with Gasteiger partial charge in [-0.1, -0.05) is 11.6 Å². The maximum absolute atomic E-state index is 13.6. The van der Waals surface area contributed by atoms with Crippen molar-refractivity contribution in [3.05, 3.63) is 71.5 Å². The van der Waals surface area contributed by atoms with E-state index in [4.69, 9.17) is 26.0 Å². The van der Waals surface area contributed by atoms with E-state index in [1.165, 1.54) is 0 Å². The van der Waals surface area contributed by atoms with Gasteiger partial charge in [-0.2, -0.15) is 0 Å². The molecule has 1 N–H and O–H groups in total. The fourth-order valence-electron chi connectivity index (χ4n) is 4.25. The molecule has 5 aromatic rings. The zero-order valence-electron chi connectivity index (χ0n) is 18.4. The molecule has 174 valence electrons. The van der Waals surface area contributed by atoms with Crippen LogP contribution in [0.1, 0.15) is 10.4 Å².